The van der Waals surface area contributed by atoms with E-state index in [2.05, 4.69) is 26.0 Å². The van der Waals surface area contributed by atoms with E-state index in [0.29, 0.717) is 0 Å². The molecule has 0 aliphatic carbocycles. The molecule has 1 unspecified atom stereocenters. The highest BCUT2D eigenvalue weighted by Crippen LogP contribution is 2.30. The molecule has 1 aliphatic rings. The van der Waals surface area contributed by atoms with Gasteiger partial charge >= 0.3 is 0 Å². The molecule has 1 saturated heterocycles. The van der Waals surface area contributed by atoms with Crippen molar-refractivity contribution >= 4 is 26.8 Å². The summed E-state index contributed by atoms with van der Waals surface area (Å²) in [6.45, 7) is 2.83. The van der Waals surface area contributed by atoms with Crippen molar-refractivity contribution in [1.29, 1.82) is 0 Å². The lowest BCUT2D eigenvalue weighted by atomic mass is 10.2. The van der Waals surface area contributed by atoms with Crippen LogP contribution in [0.4, 0.5) is 0 Å². The third-order valence-corrected chi connectivity index (χ3v) is 3.79. The van der Waals surface area contributed by atoms with E-state index in [4.69, 9.17) is 4.74 Å². The van der Waals surface area contributed by atoms with Gasteiger partial charge in [0.1, 0.15) is 0 Å². The van der Waals surface area contributed by atoms with Gasteiger partial charge in [0.15, 0.2) is 6.23 Å². The highest BCUT2D eigenvalue weighted by molar-refractivity contribution is 9.10. The van der Waals surface area contributed by atoms with E-state index in [1.807, 2.05) is 24.0 Å². The molecule has 0 radical (unpaired) electrons. The number of fused-ring (bicyclic) bond motifs is 1. The minimum atomic E-state index is 0.0688. The summed E-state index contributed by atoms with van der Waals surface area (Å²) in [6.07, 6.45) is 7.16. The van der Waals surface area contributed by atoms with Gasteiger partial charge < -0.3 is 4.74 Å². The first kappa shape index (κ1) is 11.2. The molecular weight excluding hydrogens is 282 g/mol. The van der Waals surface area contributed by atoms with Crippen molar-refractivity contribution in [2.45, 2.75) is 32.4 Å². The van der Waals surface area contributed by atoms with Crippen LogP contribution in [0.3, 0.4) is 0 Å². The number of ether oxygens (including phenoxy) is 1. The van der Waals surface area contributed by atoms with Gasteiger partial charge in [0, 0.05) is 23.9 Å². The summed E-state index contributed by atoms with van der Waals surface area (Å²) in [4.78, 5) is 4.32. The maximum atomic E-state index is 5.78. The molecule has 1 atom stereocenters. The van der Waals surface area contributed by atoms with Crippen LogP contribution in [-0.2, 0) is 4.74 Å². The summed E-state index contributed by atoms with van der Waals surface area (Å²) in [7, 11) is 0. The summed E-state index contributed by atoms with van der Waals surface area (Å²) in [5, 5.41) is 5.55. The number of aryl methyl sites for hydroxylation is 1. The van der Waals surface area contributed by atoms with Crippen LogP contribution >= 0.6 is 15.9 Å². The van der Waals surface area contributed by atoms with Crippen molar-refractivity contribution < 1.29 is 4.74 Å². The predicted molar refractivity (Wildman–Crippen MR) is 68.8 cm³/mol. The second-order valence-corrected chi connectivity index (χ2v) is 5.22. The second kappa shape index (κ2) is 4.38. The topological polar surface area (TPSA) is 39.9 Å². The Morgan fingerprint density at radius 1 is 1.41 bits per heavy atom. The van der Waals surface area contributed by atoms with Gasteiger partial charge in [-0.2, -0.15) is 5.10 Å². The van der Waals surface area contributed by atoms with E-state index in [1.54, 1.807) is 0 Å². The third-order valence-electron chi connectivity index (χ3n) is 3.21. The maximum Gasteiger partial charge on any atom is 0.150 e. The van der Waals surface area contributed by atoms with E-state index in [-0.39, 0.29) is 6.23 Å². The first-order valence-corrected chi connectivity index (χ1v) is 6.66. The van der Waals surface area contributed by atoms with Gasteiger partial charge in [0.2, 0.25) is 0 Å². The highest BCUT2D eigenvalue weighted by Gasteiger charge is 2.20. The Hall–Kier alpha value is -0.940. The zero-order valence-electron chi connectivity index (χ0n) is 9.69. The second-order valence-electron chi connectivity index (χ2n) is 4.36. The van der Waals surface area contributed by atoms with Crippen LogP contribution in [0.5, 0.6) is 0 Å². The van der Waals surface area contributed by atoms with Crippen molar-refractivity contribution in [2.24, 2.45) is 0 Å². The molecule has 3 heterocycles. The Bertz CT molecular complexity index is 546. The molecule has 5 heteroatoms. The smallest absolute Gasteiger partial charge is 0.150 e. The quantitative estimate of drug-likeness (QED) is 0.811. The van der Waals surface area contributed by atoms with E-state index < -0.39 is 0 Å². The molecule has 0 amide bonds. The Balaban J connectivity index is 2.13. The van der Waals surface area contributed by atoms with E-state index in [1.165, 1.54) is 6.42 Å². The maximum absolute atomic E-state index is 5.78. The minimum Gasteiger partial charge on any atom is -0.356 e. The molecule has 2 aromatic heterocycles. The van der Waals surface area contributed by atoms with Crippen molar-refractivity contribution in [3.63, 3.8) is 0 Å². The molecule has 0 bridgehead atoms. The Morgan fingerprint density at radius 2 is 2.29 bits per heavy atom. The zero-order chi connectivity index (χ0) is 11.8. The lowest BCUT2D eigenvalue weighted by Gasteiger charge is -2.23. The molecule has 2 aromatic rings. The van der Waals surface area contributed by atoms with Crippen LogP contribution in [0, 0.1) is 6.92 Å². The van der Waals surface area contributed by atoms with Crippen molar-refractivity contribution in [3.05, 3.63) is 22.6 Å². The number of rotatable bonds is 1. The first-order valence-electron chi connectivity index (χ1n) is 5.87. The molecule has 0 N–H and O–H groups in total. The van der Waals surface area contributed by atoms with Gasteiger partial charge in [-0.15, -0.1) is 0 Å². The van der Waals surface area contributed by atoms with Gasteiger partial charge in [-0.25, -0.2) is 4.68 Å². The summed E-state index contributed by atoms with van der Waals surface area (Å²) >= 11 is 3.55. The number of aromatic nitrogens is 3. The van der Waals surface area contributed by atoms with Crippen LogP contribution in [-0.4, -0.2) is 21.4 Å². The standard InChI is InChI=1S/C12H14BrN3O/c1-8-9-6-15-16(11-4-2-3-5-17-11)12(9)10(13)7-14-8/h6-7,11H,2-5H2,1H3. The van der Waals surface area contributed by atoms with Gasteiger partial charge in [-0.3, -0.25) is 4.98 Å². The van der Waals surface area contributed by atoms with Crippen molar-refractivity contribution in [1.82, 2.24) is 14.8 Å². The Morgan fingerprint density at radius 3 is 3.06 bits per heavy atom. The number of nitrogens with zero attached hydrogens (tertiary/aromatic N) is 3. The monoisotopic (exact) mass is 295 g/mol. The molecule has 1 fully saturated rings. The van der Waals surface area contributed by atoms with Crippen LogP contribution in [0.1, 0.15) is 31.2 Å². The first-order chi connectivity index (χ1) is 8.27. The molecule has 0 spiro atoms. The van der Waals surface area contributed by atoms with Crippen LogP contribution in [0.25, 0.3) is 10.9 Å². The highest BCUT2D eigenvalue weighted by atomic mass is 79.9. The third kappa shape index (κ3) is 1.87. The van der Waals surface area contributed by atoms with Gasteiger partial charge in [0.25, 0.3) is 0 Å². The molecule has 17 heavy (non-hydrogen) atoms. The number of pyridine rings is 1. The largest absolute Gasteiger partial charge is 0.356 e. The number of hydrogen-bond donors (Lipinski definition) is 0. The van der Waals surface area contributed by atoms with Gasteiger partial charge in [-0.1, -0.05) is 0 Å². The zero-order valence-corrected chi connectivity index (χ0v) is 11.3. The van der Waals surface area contributed by atoms with E-state index in [0.717, 1.165) is 40.5 Å². The summed E-state index contributed by atoms with van der Waals surface area (Å²) in [6, 6.07) is 0. The molecule has 3 rings (SSSR count). The molecule has 4 nitrogen and oxygen atoms in total. The van der Waals surface area contributed by atoms with Crippen LogP contribution in [0.15, 0.2) is 16.9 Å². The molecule has 90 valence electrons. The van der Waals surface area contributed by atoms with E-state index in [9.17, 15) is 0 Å². The van der Waals surface area contributed by atoms with E-state index >= 15 is 0 Å². The molecule has 0 saturated carbocycles. The summed E-state index contributed by atoms with van der Waals surface area (Å²) in [5.41, 5.74) is 2.09. The fraction of sp³-hybridized carbons (Fsp3) is 0.500. The van der Waals surface area contributed by atoms with Crippen LogP contribution < -0.4 is 0 Å². The molecule has 0 aromatic carbocycles. The SMILES string of the molecule is Cc1ncc(Br)c2c1cnn2C1CCCCO1. The lowest BCUT2D eigenvalue weighted by Crippen LogP contribution is -2.19. The Kier molecular flexibility index (Phi) is 2.88. The van der Waals surface area contributed by atoms with Crippen molar-refractivity contribution in [3.8, 4) is 0 Å². The molecular formula is C12H14BrN3O. The van der Waals surface area contributed by atoms with Gasteiger partial charge in [-0.05, 0) is 42.1 Å². The lowest BCUT2D eigenvalue weighted by molar-refractivity contribution is -0.0367. The van der Waals surface area contributed by atoms with Crippen molar-refractivity contribution in [2.75, 3.05) is 6.61 Å². The number of hydrogen-bond acceptors (Lipinski definition) is 3. The fourth-order valence-electron chi connectivity index (χ4n) is 2.28. The molecule has 1 aliphatic heterocycles. The normalized spacial score (nSPS) is 20.9. The summed E-state index contributed by atoms with van der Waals surface area (Å²) in [5.74, 6) is 0. The average Bonchev–Trinajstić information content (AvgIpc) is 2.81. The predicted octanol–water partition coefficient (Wildman–Crippen LogP) is 3.20. The van der Waals surface area contributed by atoms with Gasteiger partial charge in [0.05, 0.1) is 16.2 Å². The average molecular weight is 296 g/mol. The van der Waals surface area contributed by atoms with Crippen LogP contribution in [0.2, 0.25) is 0 Å². The number of halogens is 1. The Labute approximate surface area is 108 Å². The fourth-order valence-corrected chi connectivity index (χ4v) is 2.78. The summed E-state index contributed by atoms with van der Waals surface area (Å²) < 4.78 is 8.74. The minimum absolute atomic E-state index is 0.0688.